The average Bonchev–Trinajstić information content (AvgIpc) is 3.13. The first kappa shape index (κ1) is 18.9. The number of halogens is 4. The van der Waals surface area contributed by atoms with E-state index in [0.717, 1.165) is 22.1 Å². The second-order valence-corrected chi connectivity index (χ2v) is 7.04. The number of para-hydroxylation sites is 2. The number of nitrogens with zero attached hydrogens (tertiary/aromatic N) is 2. The highest BCUT2D eigenvalue weighted by Gasteiger charge is 2.26. The molecule has 0 amide bonds. The monoisotopic (exact) mass is 416 g/mol. The third-order valence-electron chi connectivity index (χ3n) is 5.35. The molecule has 0 saturated heterocycles. The van der Waals surface area contributed by atoms with E-state index < -0.39 is 34.4 Å². The molecule has 4 aromatic carbocycles. The van der Waals surface area contributed by atoms with Gasteiger partial charge in [-0.15, -0.1) is 0 Å². The van der Waals surface area contributed by atoms with Gasteiger partial charge in [0.05, 0.1) is 16.6 Å². The van der Waals surface area contributed by atoms with Crippen LogP contribution in [0.2, 0.25) is 0 Å². The van der Waals surface area contributed by atoms with E-state index in [1.807, 2.05) is 59.2 Å². The van der Waals surface area contributed by atoms with Crippen molar-refractivity contribution in [2.45, 2.75) is 0 Å². The van der Waals surface area contributed by atoms with Gasteiger partial charge < -0.3 is 4.57 Å². The molecule has 150 valence electrons. The maximum absolute atomic E-state index is 14.6. The summed E-state index contributed by atoms with van der Waals surface area (Å²) in [6.45, 7) is 0. The van der Waals surface area contributed by atoms with Crippen LogP contribution in [-0.4, -0.2) is 4.57 Å². The molecule has 5 aromatic rings. The van der Waals surface area contributed by atoms with Crippen molar-refractivity contribution < 1.29 is 17.6 Å². The van der Waals surface area contributed by atoms with Crippen LogP contribution in [0.3, 0.4) is 0 Å². The van der Waals surface area contributed by atoms with Gasteiger partial charge in [-0.2, -0.15) is 5.26 Å². The number of aromatic nitrogens is 1. The predicted octanol–water partition coefficient (Wildman–Crippen LogP) is 6.88. The molecule has 1 heterocycles. The predicted molar refractivity (Wildman–Crippen MR) is 111 cm³/mol. The summed E-state index contributed by atoms with van der Waals surface area (Å²) in [5.41, 5.74) is 0.397. The standard InChI is InChI=1S/C25H12F4N2/c26-22-18(13-30)23(27)25(29)21(24(22)28)14-10-11-20-17(12-14)16-8-4-5-9-19(16)31(20)15-6-2-1-3-7-15/h1-12H. The van der Waals surface area contributed by atoms with E-state index in [2.05, 4.69) is 0 Å². The summed E-state index contributed by atoms with van der Waals surface area (Å²) in [6.07, 6.45) is 0. The van der Waals surface area contributed by atoms with Crippen molar-refractivity contribution in [3.8, 4) is 22.9 Å². The van der Waals surface area contributed by atoms with E-state index in [1.54, 1.807) is 6.07 Å². The quantitative estimate of drug-likeness (QED) is 0.228. The number of fused-ring (bicyclic) bond motifs is 3. The number of rotatable bonds is 2. The van der Waals surface area contributed by atoms with E-state index in [-0.39, 0.29) is 5.56 Å². The lowest BCUT2D eigenvalue weighted by Crippen LogP contribution is -2.03. The van der Waals surface area contributed by atoms with E-state index in [9.17, 15) is 17.6 Å². The molecule has 0 aliphatic rings. The summed E-state index contributed by atoms with van der Waals surface area (Å²) in [7, 11) is 0. The minimum atomic E-state index is -1.71. The van der Waals surface area contributed by atoms with E-state index in [1.165, 1.54) is 18.2 Å². The van der Waals surface area contributed by atoms with Crippen LogP contribution in [0.5, 0.6) is 0 Å². The normalized spacial score (nSPS) is 11.2. The van der Waals surface area contributed by atoms with Gasteiger partial charge in [-0.25, -0.2) is 17.6 Å². The van der Waals surface area contributed by atoms with E-state index in [4.69, 9.17) is 5.26 Å². The molecule has 0 N–H and O–H groups in total. The van der Waals surface area contributed by atoms with Gasteiger partial charge in [-0.05, 0) is 35.9 Å². The number of benzene rings is 4. The molecule has 0 spiro atoms. The van der Waals surface area contributed by atoms with Crippen LogP contribution >= 0.6 is 0 Å². The van der Waals surface area contributed by atoms with Crippen LogP contribution in [0.25, 0.3) is 38.6 Å². The van der Waals surface area contributed by atoms with Gasteiger partial charge >= 0.3 is 0 Å². The second kappa shape index (κ2) is 6.99. The van der Waals surface area contributed by atoms with Crippen LogP contribution < -0.4 is 0 Å². The average molecular weight is 416 g/mol. The Labute approximate surface area is 174 Å². The Bertz CT molecular complexity index is 1500. The Morgan fingerprint density at radius 1 is 0.645 bits per heavy atom. The third kappa shape index (κ3) is 2.71. The molecular weight excluding hydrogens is 404 g/mol. The summed E-state index contributed by atoms with van der Waals surface area (Å²) in [6, 6.07) is 22.8. The Balaban J connectivity index is 1.85. The van der Waals surface area contributed by atoms with Gasteiger partial charge in [0.1, 0.15) is 11.6 Å². The molecule has 2 nitrogen and oxygen atoms in total. The first-order valence-corrected chi connectivity index (χ1v) is 9.38. The molecular formula is C25H12F4N2. The zero-order chi connectivity index (χ0) is 21.7. The summed E-state index contributed by atoms with van der Waals surface area (Å²) in [5, 5.41) is 10.3. The number of hydrogen-bond acceptors (Lipinski definition) is 1. The fraction of sp³-hybridized carbons (Fsp3) is 0. The lowest BCUT2D eigenvalue weighted by Gasteiger charge is -2.10. The summed E-state index contributed by atoms with van der Waals surface area (Å²) < 4.78 is 59.6. The highest BCUT2D eigenvalue weighted by atomic mass is 19.2. The molecule has 0 bridgehead atoms. The number of hydrogen-bond donors (Lipinski definition) is 0. The van der Waals surface area contributed by atoms with E-state index in [0.29, 0.717) is 5.39 Å². The van der Waals surface area contributed by atoms with E-state index >= 15 is 0 Å². The highest BCUT2D eigenvalue weighted by Crippen LogP contribution is 2.37. The molecule has 0 aliphatic heterocycles. The van der Waals surface area contributed by atoms with Crippen LogP contribution in [0.15, 0.2) is 72.8 Å². The maximum atomic E-state index is 14.6. The zero-order valence-electron chi connectivity index (χ0n) is 15.8. The van der Waals surface area contributed by atoms with Gasteiger partial charge in [0.25, 0.3) is 0 Å². The zero-order valence-corrected chi connectivity index (χ0v) is 15.8. The van der Waals surface area contributed by atoms with Gasteiger partial charge in [0.15, 0.2) is 23.3 Å². The molecule has 0 aliphatic carbocycles. The van der Waals surface area contributed by atoms with Gasteiger partial charge in [0, 0.05) is 16.5 Å². The molecule has 0 radical (unpaired) electrons. The Morgan fingerprint density at radius 3 is 1.94 bits per heavy atom. The summed E-state index contributed by atoms with van der Waals surface area (Å²) in [5.74, 6) is -6.60. The Hall–Kier alpha value is -4.11. The fourth-order valence-corrected chi connectivity index (χ4v) is 3.97. The topological polar surface area (TPSA) is 28.7 Å². The minimum absolute atomic E-state index is 0.0271. The fourth-order valence-electron chi connectivity index (χ4n) is 3.97. The maximum Gasteiger partial charge on any atom is 0.180 e. The molecule has 31 heavy (non-hydrogen) atoms. The van der Waals surface area contributed by atoms with Crippen molar-refractivity contribution >= 4 is 21.8 Å². The SMILES string of the molecule is N#Cc1c(F)c(F)c(-c2ccc3c(c2)c2ccccc2n3-c2ccccc2)c(F)c1F. The Morgan fingerprint density at radius 2 is 1.26 bits per heavy atom. The summed E-state index contributed by atoms with van der Waals surface area (Å²) in [4.78, 5) is 0. The first-order chi connectivity index (χ1) is 15.0. The van der Waals surface area contributed by atoms with Gasteiger partial charge in [-0.1, -0.05) is 42.5 Å². The molecule has 5 rings (SSSR count). The summed E-state index contributed by atoms with van der Waals surface area (Å²) >= 11 is 0. The lowest BCUT2D eigenvalue weighted by molar-refractivity contribution is 0.454. The van der Waals surface area contributed by atoms with Crippen molar-refractivity contribution in [3.63, 3.8) is 0 Å². The molecule has 0 fully saturated rings. The number of nitriles is 1. The first-order valence-electron chi connectivity index (χ1n) is 9.38. The van der Waals surface area contributed by atoms with Crippen molar-refractivity contribution in [3.05, 3.63) is 102 Å². The molecule has 0 unspecified atom stereocenters. The molecule has 6 heteroatoms. The largest absolute Gasteiger partial charge is 0.309 e. The molecule has 0 saturated carbocycles. The van der Waals surface area contributed by atoms with Crippen molar-refractivity contribution in [2.75, 3.05) is 0 Å². The van der Waals surface area contributed by atoms with Crippen LogP contribution in [0, 0.1) is 34.6 Å². The smallest absolute Gasteiger partial charge is 0.180 e. The van der Waals surface area contributed by atoms with Gasteiger partial charge in [-0.3, -0.25) is 0 Å². The third-order valence-corrected chi connectivity index (χ3v) is 5.35. The lowest BCUT2D eigenvalue weighted by atomic mass is 9.99. The van der Waals surface area contributed by atoms with Crippen LogP contribution in [0.1, 0.15) is 5.56 Å². The van der Waals surface area contributed by atoms with Crippen LogP contribution in [0.4, 0.5) is 17.6 Å². The van der Waals surface area contributed by atoms with Gasteiger partial charge in [0.2, 0.25) is 0 Å². The van der Waals surface area contributed by atoms with Crippen molar-refractivity contribution in [1.82, 2.24) is 4.57 Å². The van der Waals surface area contributed by atoms with Crippen molar-refractivity contribution in [1.29, 1.82) is 5.26 Å². The highest BCUT2D eigenvalue weighted by molar-refractivity contribution is 6.10. The minimum Gasteiger partial charge on any atom is -0.309 e. The Kier molecular flexibility index (Phi) is 4.26. The molecule has 1 aromatic heterocycles. The molecule has 0 atom stereocenters. The van der Waals surface area contributed by atoms with Crippen LogP contribution in [-0.2, 0) is 0 Å². The van der Waals surface area contributed by atoms with Crippen molar-refractivity contribution in [2.24, 2.45) is 0 Å². The second-order valence-electron chi connectivity index (χ2n) is 7.04.